The number of nitrogens with one attached hydrogen (secondary N) is 1. The summed E-state index contributed by atoms with van der Waals surface area (Å²) >= 11 is 0. The van der Waals surface area contributed by atoms with Crippen molar-refractivity contribution >= 4 is 23.1 Å². The molecule has 5 rings (SSSR count). The van der Waals surface area contributed by atoms with Crippen LogP contribution in [0.1, 0.15) is 81.1 Å². The van der Waals surface area contributed by atoms with E-state index in [2.05, 4.69) is 65.9 Å². The van der Waals surface area contributed by atoms with E-state index in [0.717, 1.165) is 75.6 Å². The minimum Gasteiger partial charge on any atom is -0.515 e. The molecule has 5 aliphatic heterocycles. The number of esters is 1. The SMILES string of the molecule is CCC.CCC1=C(C)C2=NC1=CC1=C(C)/C(=C\O)C(=N1)C(C(=O)OC)=C1CC(C)C(=CC3=NC(=C2)C(CC)=C3C)N1. The van der Waals surface area contributed by atoms with Crippen molar-refractivity contribution in [3.63, 3.8) is 0 Å². The van der Waals surface area contributed by atoms with E-state index in [0.29, 0.717) is 29.0 Å². The van der Waals surface area contributed by atoms with Crippen molar-refractivity contribution in [3.05, 3.63) is 92.0 Å². The van der Waals surface area contributed by atoms with Crippen LogP contribution in [-0.2, 0) is 9.53 Å². The van der Waals surface area contributed by atoms with E-state index in [9.17, 15) is 9.90 Å². The van der Waals surface area contributed by atoms with Gasteiger partial charge < -0.3 is 15.2 Å². The number of nitrogens with zero attached hydrogens (tertiary/aromatic N) is 3. The molecule has 0 saturated carbocycles. The molecule has 5 aliphatic rings. The number of hydrogen-bond acceptors (Lipinski definition) is 7. The molecular weight excluding hydrogens is 512 g/mol. The molecule has 216 valence electrons. The summed E-state index contributed by atoms with van der Waals surface area (Å²) in [6.45, 7) is 16.7. The first-order chi connectivity index (χ1) is 19.6. The van der Waals surface area contributed by atoms with Crippen LogP contribution in [0, 0.1) is 5.92 Å². The van der Waals surface area contributed by atoms with Gasteiger partial charge in [-0.1, -0.05) is 41.0 Å². The Morgan fingerprint density at radius 2 is 1.51 bits per heavy atom. The highest BCUT2D eigenvalue weighted by Gasteiger charge is 2.35. The second-order valence-corrected chi connectivity index (χ2v) is 10.9. The van der Waals surface area contributed by atoms with Gasteiger partial charge in [0.1, 0.15) is 5.57 Å². The van der Waals surface area contributed by atoms with Crippen LogP contribution in [-0.4, -0.2) is 35.3 Å². The minimum absolute atomic E-state index is 0.130. The van der Waals surface area contributed by atoms with Crippen LogP contribution in [0.15, 0.2) is 107 Å². The monoisotopic (exact) mass is 554 g/mol. The number of ether oxygens (including phenoxy) is 1. The zero-order valence-electron chi connectivity index (χ0n) is 25.8. The lowest BCUT2D eigenvalue weighted by Gasteiger charge is -2.12. The lowest BCUT2D eigenvalue weighted by Crippen LogP contribution is -2.21. The quantitative estimate of drug-likeness (QED) is 0.277. The maximum Gasteiger partial charge on any atom is 0.341 e. The van der Waals surface area contributed by atoms with Crippen LogP contribution in [0.4, 0.5) is 0 Å². The Labute approximate surface area is 244 Å². The fraction of sp³-hybridized carbons (Fsp3) is 0.412. The summed E-state index contributed by atoms with van der Waals surface area (Å²) in [4.78, 5) is 28.1. The number of allylic oxidation sites excluding steroid dienone is 11. The van der Waals surface area contributed by atoms with Gasteiger partial charge in [-0.2, -0.15) is 0 Å². The molecule has 0 aromatic rings. The smallest absolute Gasteiger partial charge is 0.341 e. The second kappa shape index (κ2) is 12.2. The molecule has 1 saturated heterocycles. The van der Waals surface area contributed by atoms with Crippen molar-refractivity contribution in [2.24, 2.45) is 20.9 Å². The molecule has 1 atom stereocenters. The Morgan fingerprint density at radius 3 is 2.05 bits per heavy atom. The third-order valence-electron chi connectivity index (χ3n) is 7.99. The molecule has 2 N–H and O–H groups in total. The predicted molar refractivity (Wildman–Crippen MR) is 168 cm³/mol. The van der Waals surface area contributed by atoms with Gasteiger partial charge in [0.25, 0.3) is 0 Å². The number of aliphatic hydroxyl groups is 1. The van der Waals surface area contributed by atoms with Crippen molar-refractivity contribution < 1.29 is 14.6 Å². The first-order valence-electron chi connectivity index (χ1n) is 14.6. The maximum absolute atomic E-state index is 13.2. The largest absolute Gasteiger partial charge is 0.515 e. The van der Waals surface area contributed by atoms with E-state index in [-0.39, 0.29) is 5.92 Å². The molecule has 0 radical (unpaired) electrons. The molecular formula is C34H42N4O3. The van der Waals surface area contributed by atoms with Crippen LogP contribution >= 0.6 is 0 Å². The standard InChI is InChI=1S/C31H34N4O3.C3H8/c1-8-19-16(4)23-11-22-15(3)10-28(32-22)29(31(37)38-7)30-21(14-36)18(6)25(35-30)13-27-20(9-2)17(5)24(34-27)12-26(19)33-23;1-3-2/h11-15,32,36H,8-10H2,1-7H3;3H2,1-2H3/b21-14+,22-11?,26-12?,27-13?,29-28?;. The lowest BCUT2D eigenvalue weighted by molar-refractivity contribution is -0.135. The third kappa shape index (κ3) is 5.37. The number of methoxy groups -OCH3 is 1. The molecule has 1 unspecified atom stereocenters. The highest BCUT2D eigenvalue weighted by molar-refractivity contribution is 6.30. The highest BCUT2D eigenvalue weighted by atomic mass is 16.5. The second-order valence-electron chi connectivity index (χ2n) is 10.9. The number of aliphatic hydroxyl groups excluding tert-OH is 1. The first kappa shape index (κ1) is 30.0. The Hall–Kier alpha value is -4.00. The molecule has 41 heavy (non-hydrogen) atoms. The summed E-state index contributed by atoms with van der Waals surface area (Å²) in [7, 11) is 1.36. The van der Waals surface area contributed by atoms with Gasteiger partial charge in [-0.05, 0) is 86.1 Å². The fourth-order valence-corrected chi connectivity index (χ4v) is 5.72. The molecule has 8 bridgehead atoms. The fourth-order valence-electron chi connectivity index (χ4n) is 5.72. The van der Waals surface area contributed by atoms with Crippen molar-refractivity contribution in [3.8, 4) is 0 Å². The zero-order valence-corrected chi connectivity index (χ0v) is 25.8. The van der Waals surface area contributed by atoms with Gasteiger partial charge in [0.05, 0.1) is 47.6 Å². The van der Waals surface area contributed by atoms with Crippen molar-refractivity contribution in [2.75, 3.05) is 7.11 Å². The minimum atomic E-state index is -0.499. The Balaban J connectivity index is 0.00000124. The van der Waals surface area contributed by atoms with Crippen LogP contribution in [0.2, 0.25) is 0 Å². The number of carbonyl (C=O) groups excluding carboxylic acids is 1. The average molecular weight is 555 g/mol. The van der Waals surface area contributed by atoms with Gasteiger partial charge in [-0.15, -0.1) is 0 Å². The Bertz CT molecular complexity index is 1530. The van der Waals surface area contributed by atoms with E-state index in [1.807, 2.05) is 13.0 Å². The summed E-state index contributed by atoms with van der Waals surface area (Å²) in [6.07, 6.45) is 10.7. The van der Waals surface area contributed by atoms with Gasteiger partial charge in [-0.3, -0.25) is 0 Å². The normalized spacial score (nSPS) is 22.7. The van der Waals surface area contributed by atoms with Gasteiger partial charge in [0, 0.05) is 22.9 Å². The first-order valence-corrected chi connectivity index (χ1v) is 14.6. The van der Waals surface area contributed by atoms with Gasteiger partial charge >= 0.3 is 5.97 Å². The molecule has 0 amide bonds. The van der Waals surface area contributed by atoms with Gasteiger partial charge in [0.2, 0.25) is 0 Å². The lowest BCUT2D eigenvalue weighted by atomic mass is 9.95. The maximum atomic E-state index is 13.2. The number of aliphatic imine (C=N–C) groups is 3. The number of hydrogen-bond donors (Lipinski definition) is 2. The van der Waals surface area contributed by atoms with E-state index in [1.54, 1.807) is 0 Å². The van der Waals surface area contributed by atoms with Crippen molar-refractivity contribution in [1.82, 2.24) is 5.32 Å². The number of carbonyl (C=O) groups is 1. The molecule has 0 aromatic heterocycles. The molecule has 0 aromatic carbocycles. The summed E-state index contributed by atoms with van der Waals surface area (Å²) in [5.41, 5.74) is 12.6. The van der Waals surface area contributed by atoms with Gasteiger partial charge in [-0.25, -0.2) is 19.8 Å². The summed E-state index contributed by atoms with van der Waals surface area (Å²) < 4.78 is 5.20. The van der Waals surface area contributed by atoms with Crippen LogP contribution in [0.25, 0.3) is 0 Å². The molecule has 5 heterocycles. The topological polar surface area (TPSA) is 95.6 Å². The molecule has 0 aliphatic carbocycles. The van der Waals surface area contributed by atoms with Crippen LogP contribution < -0.4 is 5.32 Å². The third-order valence-corrected chi connectivity index (χ3v) is 7.99. The highest BCUT2D eigenvalue weighted by Crippen LogP contribution is 2.39. The van der Waals surface area contributed by atoms with Gasteiger partial charge in [0.15, 0.2) is 0 Å². The van der Waals surface area contributed by atoms with Crippen molar-refractivity contribution in [2.45, 2.75) is 81.1 Å². The van der Waals surface area contributed by atoms with E-state index in [4.69, 9.17) is 19.7 Å². The number of rotatable bonds is 3. The Kier molecular flexibility index (Phi) is 8.95. The molecule has 7 heteroatoms. The molecule has 0 spiro atoms. The van der Waals surface area contributed by atoms with E-state index >= 15 is 0 Å². The zero-order chi connectivity index (χ0) is 30.0. The van der Waals surface area contributed by atoms with Crippen LogP contribution in [0.3, 0.4) is 0 Å². The predicted octanol–water partition coefficient (Wildman–Crippen LogP) is 7.66. The molecule has 1 fully saturated rings. The van der Waals surface area contributed by atoms with E-state index in [1.165, 1.54) is 19.1 Å². The molecule has 7 nitrogen and oxygen atoms in total. The van der Waals surface area contributed by atoms with E-state index < -0.39 is 5.97 Å². The Morgan fingerprint density at radius 1 is 0.951 bits per heavy atom. The average Bonchev–Trinajstić information content (AvgIpc) is 3.63. The summed E-state index contributed by atoms with van der Waals surface area (Å²) in [6, 6.07) is 0. The van der Waals surface area contributed by atoms with Crippen molar-refractivity contribution in [1.29, 1.82) is 0 Å². The number of fused-ring (bicyclic) bond motifs is 5. The summed E-state index contributed by atoms with van der Waals surface area (Å²) in [5, 5.41) is 13.7. The van der Waals surface area contributed by atoms with Crippen LogP contribution in [0.5, 0.6) is 0 Å². The summed E-state index contributed by atoms with van der Waals surface area (Å²) in [5.74, 6) is -0.369.